The van der Waals surface area contributed by atoms with Gasteiger partial charge in [-0.15, -0.1) is 11.3 Å². The fourth-order valence-electron chi connectivity index (χ4n) is 1.99. The number of hydrogen-bond acceptors (Lipinski definition) is 8. The fraction of sp³-hybridized carbons (Fsp3) is 0.308. The quantitative estimate of drug-likeness (QED) is 0.704. The number of aromatic nitrogens is 3. The van der Waals surface area contributed by atoms with Gasteiger partial charge in [-0.05, 0) is 25.3 Å². The Kier molecular flexibility index (Phi) is 3.83. The molecule has 0 aliphatic rings. The lowest BCUT2D eigenvalue weighted by Gasteiger charge is -2.00. The van der Waals surface area contributed by atoms with Crippen molar-refractivity contribution in [3.05, 3.63) is 40.4 Å². The average Bonchev–Trinajstić information content (AvgIpc) is 3.16. The van der Waals surface area contributed by atoms with E-state index in [1.165, 1.54) is 11.3 Å². The van der Waals surface area contributed by atoms with Gasteiger partial charge in [-0.2, -0.15) is 4.98 Å². The molecule has 0 radical (unpaired) electrons. The topological polar surface area (TPSA) is 99.1 Å². The van der Waals surface area contributed by atoms with Crippen LogP contribution in [0.1, 0.15) is 22.8 Å². The van der Waals surface area contributed by atoms with E-state index in [1.54, 1.807) is 13.8 Å². The molecular formula is C13H13N3O4S2. The third kappa shape index (κ3) is 3.09. The van der Waals surface area contributed by atoms with Crippen LogP contribution in [0.2, 0.25) is 0 Å². The molecule has 0 spiro atoms. The van der Waals surface area contributed by atoms with Crippen molar-refractivity contribution < 1.29 is 17.5 Å². The van der Waals surface area contributed by atoms with Gasteiger partial charge in [0.15, 0.2) is 15.7 Å². The minimum atomic E-state index is -3.44. The predicted octanol–water partition coefficient (Wildman–Crippen LogP) is 2.52. The van der Waals surface area contributed by atoms with Crippen molar-refractivity contribution in [3.63, 3.8) is 0 Å². The van der Waals surface area contributed by atoms with E-state index in [1.807, 2.05) is 17.5 Å². The minimum absolute atomic E-state index is 0.148. The van der Waals surface area contributed by atoms with Crippen LogP contribution in [-0.4, -0.2) is 23.7 Å². The molecule has 3 aromatic heterocycles. The summed E-state index contributed by atoms with van der Waals surface area (Å²) in [5.74, 6) is 0.546. The first-order valence-electron chi connectivity index (χ1n) is 6.43. The maximum absolute atomic E-state index is 12.3. The maximum atomic E-state index is 12.3. The first kappa shape index (κ1) is 14.9. The molecule has 0 aliphatic heterocycles. The molecule has 0 aliphatic carbocycles. The zero-order chi connectivity index (χ0) is 15.7. The van der Waals surface area contributed by atoms with E-state index in [-0.39, 0.29) is 17.3 Å². The van der Waals surface area contributed by atoms with Gasteiger partial charge in [0.1, 0.15) is 11.5 Å². The lowest BCUT2D eigenvalue weighted by molar-refractivity contribution is 0.392. The highest BCUT2D eigenvalue weighted by Crippen LogP contribution is 2.23. The van der Waals surface area contributed by atoms with Crippen molar-refractivity contribution in [2.75, 3.05) is 0 Å². The molecule has 9 heteroatoms. The van der Waals surface area contributed by atoms with E-state index >= 15 is 0 Å². The zero-order valence-electron chi connectivity index (χ0n) is 11.9. The summed E-state index contributed by atoms with van der Waals surface area (Å²) in [6.07, 6.45) is 0. The number of aryl methyl sites for hydroxylation is 2. The normalized spacial score (nSPS) is 11.9. The van der Waals surface area contributed by atoms with Crippen LogP contribution in [0, 0.1) is 13.8 Å². The van der Waals surface area contributed by atoms with Crippen LogP contribution < -0.4 is 0 Å². The first-order chi connectivity index (χ1) is 10.4. The van der Waals surface area contributed by atoms with Crippen LogP contribution in [0.4, 0.5) is 0 Å². The molecule has 0 amide bonds. The average molecular weight is 339 g/mol. The second-order valence-corrected chi connectivity index (χ2v) is 7.84. The Morgan fingerprint density at radius 2 is 2.00 bits per heavy atom. The summed E-state index contributed by atoms with van der Waals surface area (Å²) >= 11 is 1.45. The van der Waals surface area contributed by atoms with Gasteiger partial charge < -0.3 is 9.05 Å². The highest BCUT2D eigenvalue weighted by Gasteiger charge is 2.22. The molecule has 0 saturated carbocycles. The van der Waals surface area contributed by atoms with E-state index in [2.05, 4.69) is 15.3 Å². The Morgan fingerprint density at radius 3 is 2.64 bits per heavy atom. The predicted molar refractivity (Wildman–Crippen MR) is 79.9 cm³/mol. The van der Waals surface area contributed by atoms with Gasteiger partial charge in [0, 0.05) is 5.56 Å². The molecule has 3 aromatic rings. The van der Waals surface area contributed by atoms with Crippen LogP contribution >= 0.6 is 11.3 Å². The summed E-state index contributed by atoms with van der Waals surface area (Å²) in [5, 5.41) is 9.37. The van der Waals surface area contributed by atoms with Gasteiger partial charge in [0.05, 0.1) is 16.3 Å². The lowest BCUT2D eigenvalue weighted by Crippen LogP contribution is -2.09. The Labute approximate surface area is 130 Å². The monoisotopic (exact) mass is 339 g/mol. The Bertz CT molecular complexity index is 859. The van der Waals surface area contributed by atoms with E-state index in [9.17, 15) is 8.42 Å². The van der Waals surface area contributed by atoms with Crippen LogP contribution in [0.5, 0.6) is 0 Å². The van der Waals surface area contributed by atoms with Crippen LogP contribution in [0.25, 0.3) is 10.8 Å². The molecule has 22 heavy (non-hydrogen) atoms. The van der Waals surface area contributed by atoms with E-state index in [0.717, 1.165) is 4.88 Å². The Morgan fingerprint density at radius 1 is 1.18 bits per heavy atom. The largest absolute Gasteiger partial charge is 0.361 e. The van der Waals surface area contributed by atoms with Crippen molar-refractivity contribution in [1.29, 1.82) is 0 Å². The summed E-state index contributed by atoms with van der Waals surface area (Å²) < 4.78 is 34.6. The SMILES string of the molecule is Cc1noc(C)c1CS(=O)(=O)Cc1noc(-c2cccs2)n1. The van der Waals surface area contributed by atoms with Crippen LogP contribution in [-0.2, 0) is 21.3 Å². The summed E-state index contributed by atoms with van der Waals surface area (Å²) in [5.41, 5.74) is 1.16. The minimum Gasteiger partial charge on any atom is -0.361 e. The van der Waals surface area contributed by atoms with Gasteiger partial charge in [-0.1, -0.05) is 16.4 Å². The van der Waals surface area contributed by atoms with Gasteiger partial charge in [-0.25, -0.2) is 8.42 Å². The molecule has 0 saturated heterocycles. The lowest BCUT2D eigenvalue weighted by atomic mass is 10.2. The molecule has 0 fully saturated rings. The molecule has 0 N–H and O–H groups in total. The summed E-state index contributed by atoms with van der Waals surface area (Å²) in [6, 6.07) is 3.69. The molecule has 0 bridgehead atoms. The smallest absolute Gasteiger partial charge is 0.268 e. The van der Waals surface area contributed by atoms with E-state index in [4.69, 9.17) is 9.05 Å². The summed E-state index contributed by atoms with van der Waals surface area (Å²) in [6.45, 7) is 3.40. The number of nitrogens with zero attached hydrogens (tertiary/aromatic N) is 3. The molecule has 116 valence electrons. The van der Waals surface area contributed by atoms with Crippen LogP contribution in [0.15, 0.2) is 26.6 Å². The number of thiophene rings is 1. The first-order valence-corrected chi connectivity index (χ1v) is 9.13. The van der Waals surface area contributed by atoms with Crippen LogP contribution in [0.3, 0.4) is 0 Å². The second-order valence-electron chi connectivity index (χ2n) is 4.83. The van der Waals surface area contributed by atoms with Crippen molar-refractivity contribution in [2.45, 2.75) is 25.4 Å². The highest BCUT2D eigenvalue weighted by atomic mass is 32.2. The Hall–Kier alpha value is -2.00. The number of hydrogen-bond donors (Lipinski definition) is 0. The fourth-order valence-corrected chi connectivity index (χ4v) is 4.10. The van der Waals surface area contributed by atoms with E-state index in [0.29, 0.717) is 22.9 Å². The van der Waals surface area contributed by atoms with Gasteiger partial charge in [0.25, 0.3) is 5.89 Å². The van der Waals surface area contributed by atoms with Gasteiger partial charge in [-0.3, -0.25) is 0 Å². The zero-order valence-corrected chi connectivity index (χ0v) is 13.6. The Balaban J connectivity index is 1.77. The summed E-state index contributed by atoms with van der Waals surface area (Å²) in [7, 11) is -3.44. The molecule has 3 heterocycles. The number of sulfone groups is 1. The highest BCUT2D eigenvalue weighted by molar-refractivity contribution is 7.89. The maximum Gasteiger partial charge on any atom is 0.268 e. The number of rotatable bonds is 5. The standard InChI is InChI=1S/C13H13N3O4S2/c1-8-10(9(2)19-15-8)6-22(17,18)7-12-14-13(20-16-12)11-4-3-5-21-11/h3-5H,6-7H2,1-2H3. The molecule has 0 atom stereocenters. The molecule has 0 aromatic carbocycles. The second kappa shape index (κ2) is 5.65. The van der Waals surface area contributed by atoms with Crippen molar-refractivity contribution in [2.24, 2.45) is 0 Å². The van der Waals surface area contributed by atoms with Crippen molar-refractivity contribution in [1.82, 2.24) is 15.3 Å². The molecule has 0 unspecified atom stereocenters. The molecule has 3 rings (SSSR count). The van der Waals surface area contributed by atoms with Crippen molar-refractivity contribution in [3.8, 4) is 10.8 Å². The summed E-state index contributed by atoms with van der Waals surface area (Å²) in [4.78, 5) is 4.93. The molecular weight excluding hydrogens is 326 g/mol. The third-order valence-electron chi connectivity index (χ3n) is 3.09. The van der Waals surface area contributed by atoms with Crippen molar-refractivity contribution >= 4 is 21.2 Å². The van der Waals surface area contributed by atoms with Gasteiger partial charge in [0.2, 0.25) is 0 Å². The van der Waals surface area contributed by atoms with E-state index < -0.39 is 9.84 Å². The third-order valence-corrected chi connectivity index (χ3v) is 5.38. The molecule has 7 nitrogen and oxygen atoms in total. The van der Waals surface area contributed by atoms with Gasteiger partial charge >= 0.3 is 0 Å².